The fourth-order valence-electron chi connectivity index (χ4n) is 5.14. The van der Waals surface area contributed by atoms with Gasteiger partial charge in [-0.25, -0.2) is 0 Å². The van der Waals surface area contributed by atoms with E-state index >= 15 is 0 Å². The number of benzene rings is 3. The molecule has 14 nitrogen and oxygen atoms in total. The first-order valence-electron chi connectivity index (χ1n) is 16.7. The number of phenolic OH excluding ortho intramolecular Hbond substituents is 1. The first-order chi connectivity index (χ1) is 24.3. The Morgan fingerprint density at radius 1 is 0.588 bits per heavy atom. The van der Waals surface area contributed by atoms with Crippen molar-refractivity contribution in [3.8, 4) is 5.75 Å². The second kappa shape index (κ2) is 20.0. The van der Waals surface area contributed by atoms with Crippen LogP contribution in [-0.4, -0.2) is 77.8 Å². The molecule has 14 heteroatoms. The van der Waals surface area contributed by atoms with Gasteiger partial charge in [0.2, 0.25) is 35.4 Å². The van der Waals surface area contributed by atoms with Crippen molar-refractivity contribution in [1.82, 2.24) is 26.6 Å². The minimum absolute atomic E-state index is 0.0255. The molecule has 0 aromatic heterocycles. The Hall–Kier alpha value is -5.76. The number of aromatic hydroxyl groups is 1. The first-order valence-corrected chi connectivity index (χ1v) is 16.7. The second-order valence-electron chi connectivity index (χ2n) is 12.6. The molecule has 3 aromatic carbocycles. The van der Waals surface area contributed by atoms with Crippen LogP contribution in [0.1, 0.15) is 37.0 Å². The third-order valence-corrected chi connectivity index (χ3v) is 7.82. The lowest BCUT2D eigenvalue weighted by atomic mass is 10.00. The number of rotatable bonds is 19. The third kappa shape index (κ3) is 14.3. The molecule has 0 aliphatic rings. The van der Waals surface area contributed by atoms with Crippen LogP contribution in [0.15, 0.2) is 84.9 Å². The molecule has 4 atom stereocenters. The number of hydrogen-bond acceptors (Lipinski definition) is 8. The second-order valence-corrected chi connectivity index (χ2v) is 12.6. The molecule has 0 fully saturated rings. The van der Waals surface area contributed by atoms with Gasteiger partial charge in [-0.15, -0.1) is 0 Å². The highest BCUT2D eigenvalue weighted by molar-refractivity contribution is 5.95. The van der Waals surface area contributed by atoms with Crippen LogP contribution in [0, 0.1) is 5.92 Å². The van der Waals surface area contributed by atoms with Crippen LogP contribution in [-0.2, 0) is 48.0 Å². The maximum atomic E-state index is 13.7. The summed E-state index contributed by atoms with van der Waals surface area (Å²) in [6, 6.07) is 20.0. The van der Waals surface area contributed by atoms with Crippen LogP contribution < -0.4 is 38.1 Å². The Morgan fingerprint density at radius 3 is 1.63 bits per heavy atom. The Bertz CT molecular complexity index is 1620. The maximum Gasteiger partial charge on any atom is 0.243 e. The lowest BCUT2D eigenvalue weighted by Crippen LogP contribution is -2.58. The molecule has 0 heterocycles. The SMILES string of the molecule is CC(C)C[C@H](NC(=O)[C@H](Cc1ccccc1)NC(=O)CNC(=O)CNC(=O)[C@@H](N)Cc1ccc(O)cc1)C(=O)N[C@@H](Cc1ccccc1)C(N)=O. The molecule has 51 heavy (non-hydrogen) atoms. The van der Waals surface area contributed by atoms with Gasteiger partial charge in [-0.05, 0) is 47.6 Å². The first kappa shape index (κ1) is 39.7. The van der Waals surface area contributed by atoms with E-state index in [9.17, 15) is 33.9 Å². The Balaban J connectivity index is 1.60. The lowest BCUT2D eigenvalue weighted by Gasteiger charge is -2.26. The number of phenols is 1. The number of hydrogen-bond donors (Lipinski definition) is 8. The number of nitrogens with one attached hydrogen (secondary N) is 5. The predicted molar refractivity (Wildman–Crippen MR) is 191 cm³/mol. The smallest absolute Gasteiger partial charge is 0.243 e. The number of carbonyl (C=O) groups excluding carboxylic acids is 6. The molecule has 3 rings (SSSR count). The van der Waals surface area contributed by atoms with Crippen LogP contribution in [0.4, 0.5) is 0 Å². The molecule has 0 saturated carbocycles. The number of carbonyl (C=O) groups is 6. The average Bonchev–Trinajstić information content (AvgIpc) is 3.10. The highest BCUT2D eigenvalue weighted by atomic mass is 16.3. The van der Waals surface area contributed by atoms with Crippen LogP contribution in [0.25, 0.3) is 0 Å². The molecule has 0 spiro atoms. The minimum Gasteiger partial charge on any atom is -0.508 e. The van der Waals surface area contributed by atoms with Gasteiger partial charge < -0.3 is 43.2 Å². The quantitative estimate of drug-likeness (QED) is 0.0843. The van der Waals surface area contributed by atoms with Crippen molar-refractivity contribution < 1.29 is 33.9 Å². The van der Waals surface area contributed by atoms with E-state index in [0.29, 0.717) is 0 Å². The molecule has 6 amide bonds. The maximum absolute atomic E-state index is 13.7. The monoisotopic (exact) mass is 701 g/mol. The molecular formula is C37H47N7O7. The molecular weight excluding hydrogens is 654 g/mol. The van der Waals surface area contributed by atoms with Gasteiger partial charge in [0.15, 0.2) is 0 Å². The molecule has 0 aliphatic carbocycles. The summed E-state index contributed by atoms with van der Waals surface area (Å²) >= 11 is 0. The summed E-state index contributed by atoms with van der Waals surface area (Å²) in [7, 11) is 0. The summed E-state index contributed by atoms with van der Waals surface area (Å²) in [6.07, 6.45) is 0.662. The highest BCUT2D eigenvalue weighted by Crippen LogP contribution is 2.12. The van der Waals surface area contributed by atoms with E-state index in [1.54, 1.807) is 54.6 Å². The van der Waals surface area contributed by atoms with Gasteiger partial charge in [0, 0.05) is 12.8 Å². The molecule has 0 saturated heterocycles. The van der Waals surface area contributed by atoms with E-state index in [-0.39, 0.29) is 37.4 Å². The highest BCUT2D eigenvalue weighted by Gasteiger charge is 2.30. The van der Waals surface area contributed by atoms with Crippen LogP contribution >= 0.6 is 0 Å². The van der Waals surface area contributed by atoms with E-state index in [2.05, 4.69) is 26.6 Å². The standard InChI is InChI=1S/C37H47N7O7/c1-23(2)17-30(36(50)43-29(34(39)48)19-24-9-5-3-6-10-24)44-37(51)31(20-25-11-7-4-8-12-25)42-33(47)22-40-32(46)21-41-35(49)28(38)18-26-13-15-27(45)16-14-26/h3-16,23,28-31,45H,17-22,38H2,1-2H3,(H2,39,48)(H,40,46)(H,41,49)(H,42,47)(H,43,50)(H,44,51)/t28-,29-,30-,31-/m0/s1. The van der Waals surface area contributed by atoms with Gasteiger partial charge in [-0.2, -0.15) is 0 Å². The van der Waals surface area contributed by atoms with Gasteiger partial charge >= 0.3 is 0 Å². The van der Waals surface area contributed by atoms with Crippen molar-refractivity contribution in [2.75, 3.05) is 13.1 Å². The van der Waals surface area contributed by atoms with Crippen LogP contribution in [0.3, 0.4) is 0 Å². The van der Waals surface area contributed by atoms with Crippen molar-refractivity contribution in [2.24, 2.45) is 17.4 Å². The Kier molecular flexibility index (Phi) is 15.6. The molecule has 10 N–H and O–H groups in total. The molecule has 272 valence electrons. The molecule has 0 radical (unpaired) electrons. The average molecular weight is 702 g/mol. The third-order valence-electron chi connectivity index (χ3n) is 7.82. The van der Waals surface area contributed by atoms with E-state index < -0.39 is 72.7 Å². The normalized spacial score (nSPS) is 13.2. The van der Waals surface area contributed by atoms with Crippen molar-refractivity contribution in [1.29, 1.82) is 0 Å². The molecule has 0 unspecified atom stereocenters. The zero-order chi connectivity index (χ0) is 37.3. The predicted octanol–water partition coefficient (Wildman–Crippen LogP) is -0.0344. The van der Waals surface area contributed by atoms with E-state index in [4.69, 9.17) is 11.5 Å². The Labute approximate surface area is 297 Å². The molecule has 0 bridgehead atoms. The van der Waals surface area contributed by atoms with Crippen LogP contribution in [0.5, 0.6) is 5.75 Å². The number of primary amides is 1. The fourth-order valence-corrected chi connectivity index (χ4v) is 5.14. The number of amides is 6. The zero-order valence-electron chi connectivity index (χ0n) is 28.8. The van der Waals surface area contributed by atoms with Gasteiger partial charge in [-0.1, -0.05) is 86.6 Å². The summed E-state index contributed by atoms with van der Waals surface area (Å²) in [5.41, 5.74) is 13.8. The van der Waals surface area contributed by atoms with Gasteiger partial charge in [0.25, 0.3) is 0 Å². The summed E-state index contributed by atoms with van der Waals surface area (Å²) < 4.78 is 0. The van der Waals surface area contributed by atoms with Crippen molar-refractivity contribution >= 4 is 35.4 Å². The fraction of sp³-hybridized carbons (Fsp3) is 0.351. The van der Waals surface area contributed by atoms with Crippen molar-refractivity contribution in [3.63, 3.8) is 0 Å². The largest absolute Gasteiger partial charge is 0.508 e. The summed E-state index contributed by atoms with van der Waals surface area (Å²) in [4.78, 5) is 77.1. The summed E-state index contributed by atoms with van der Waals surface area (Å²) in [5, 5.41) is 22.3. The zero-order valence-corrected chi connectivity index (χ0v) is 28.8. The van der Waals surface area contributed by atoms with Gasteiger partial charge in [0.1, 0.15) is 23.9 Å². The van der Waals surface area contributed by atoms with Crippen molar-refractivity contribution in [3.05, 3.63) is 102 Å². The molecule has 3 aromatic rings. The Morgan fingerprint density at radius 2 is 1.08 bits per heavy atom. The summed E-state index contributed by atoms with van der Waals surface area (Å²) in [6.45, 7) is 2.81. The number of nitrogens with two attached hydrogens (primary N) is 2. The minimum atomic E-state index is -1.13. The lowest BCUT2D eigenvalue weighted by molar-refractivity contribution is -0.133. The van der Waals surface area contributed by atoms with Gasteiger partial charge in [-0.3, -0.25) is 28.8 Å². The molecule has 0 aliphatic heterocycles. The van der Waals surface area contributed by atoms with Crippen molar-refractivity contribution in [2.45, 2.75) is 63.7 Å². The van der Waals surface area contributed by atoms with E-state index in [0.717, 1.165) is 16.7 Å². The van der Waals surface area contributed by atoms with E-state index in [1.165, 1.54) is 12.1 Å². The van der Waals surface area contributed by atoms with Crippen LogP contribution in [0.2, 0.25) is 0 Å². The topological polar surface area (TPSA) is 235 Å². The van der Waals surface area contributed by atoms with Gasteiger partial charge in [0.05, 0.1) is 19.1 Å². The van der Waals surface area contributed by atoms with E-state index in [1.807, 2.05) is 32.0 Å². The summed E-state index contributed by atoms with van der Waals surface area (Å²) in [5.74, 6) is -3.84.